The topological polar surface area (TPSA) is 149 Å². The minimum atomic E-state index is -1.26. The first-order valence-electron chi connectivity index (χ1n) is 8.90. The number of methoxy groups -OCH3 is 1. The van der Waals surface area contributed by atoms with Crippen LogP contribution in [0.5, 0.6) is 5.75 Å². The van der Waals surface area contributed by atoms with Crippen LogP contribution in [0.2, 0.25) is 0 Å². The molecule has 0 amide bonds. The molecule has 29 heavy (non-hydrogen) atoms. The predicted molar refractivity (Wildman–Crippen MR) is 105 cm³/mol. The van der Waals surface area contributed by atoms with Gasteiger partial charge in [0, 0.05) is 5.75 Å². The van der Waals surface area contributed by atoms with E-state index in [1.54, 1.807) is 11.7 Å². The summed E-state index contributed by atoms with van der Waals surface area (Å²) in [6.45, 7) is -0.424. The lowest BCUT2D eigenvalue weighted by Gasteiger charge is -2.19. The number of thioether (sulfide) groups is 1. The summed E-state index contributed by atoms with van der Waals surface area (Å²) >= 11 is 1.40. The molecule has 1 fully saturated rings. The smallest absolute Gasteiger partial charge is 0.172 e. The lowest BCUT2D eigenvalue weighted by molar-refractivity contribution is -0.0548. The second-order valence-electron chi connectivity index (χ2n) is 6.56. The Labute approximate surface area is 170 Å². The number of nitrogen functional groups attached to an aromatic ring is 1. The summed E-state index contributed by atoms with van der Waals surface area (Å²) in [7, 11) is 1.61. The molecule has 0 bridgehead atoms. The number of rotatable bonds is 6. The van der Waals surface area contributed by atoms with Crippen molar-refractivity contribution in [1.29, 1.82) is 0 Å². The van der Waals surface area contributed by atoms with Crippen molar-refractivity contribution in [2.45, 2.75) is 35.4 Å². The lowest BCUT2D eigenvalue weighted by atomic mass is 10.1. The van der Waals surface area contributed by atoms with Gasteiger partial charge in [0.25, 0.3) is 0 Å². The summed E-state index contributed by atoms with van der Waals surface area (Å²) in [4.78, 5) is 12.7. The van der Waals surface area contributed by atoms with E-state index >= 15 is 0 Å². The third-order valence-electron chi connectivity index (χ3n) is 4.77. The van der Waals surface area contributed by atoms with Gasteiger partial charge in [-0.1, -0.05) is 23.9 Å². The Hall–Kier alpha value is -2.44. The van der Waals surface area contributed by atoms with Crippen molar-refractivity contribution in [2.24, 2.45) is 0 Å². The average Bonchev–Trinajstić information content (AvgIpc) is 3.25. The highest BCUT2D eigenvalue weighted by Crippen LogP contribution is 2.37. The molecule has 5 N–H and O–H groups in total. The number of fused-ring (bicyclic) bond motifs is 1. The van der Waals surface area contributed by atoms with E-state index in [0.717, 1.165) is 11.3 Å². The van der Waals surface area contributed by atoms with Gasteiger partial charge in [-0.15, -0.1) is 0 Å². The first kappa shape index (κ1) is 19.9. The second kappa shape index (κ2) is 8.13. The van der Waals surface area contributed by atoms with Crippen molar-refractivity contribution in [3.05, 3.63) is 36.2 Å². The van der Waals surface area contributed by atoms with Crippen molar-refractivity contribution < 1.29 is 24.8 Å². The second-order valence-corrected chi connectivity index (χ2v) is 7.50. The lowest BCUT2D eigenvalue weighted by Crippen LogP contribution is -2.33. The zero-order valence-electron chi connectivity index (χ0n) is 15.5. The molecule has 2 aromatic heterocycles. The molecule has 0 saturated carbocycles. The fourth-order valence-electron chi connectivity index (χ4n) is 3.20. The van der Waals surface area contributed by atoms with Crippen LogP contribution in [0.15, 0.2) is 35.7 Å². The van der Waals surface area contributed by atoms with Crippen LogP contribution in [-0.2, 0) is 10.5 Å². The number of aliphatic hydroxyl groups is 3. The van der Waals surface area contributed by atoms with Gasteiger partial charge in [-0.05, 0) is 17.7 Å². The summed E-state index contributed by atoms with van der Waals surface area (Å²) < 4.78 is 12.5. The fraction of sp³-hybridized carbons (Fsp3) is 0.389. The molecule has 0 radical (unpaired) electrons. The fourth-order valence-corrected chi connectivity index (χ4v) is 4.17. The van der Waals surface area contributed by atoms with Gasteiger partial charge < -0.3 is 30.5 Å². The van der Waals surface area contributed by atoms with Crippen molar-refractivity contribution >= 4 is 28.7 Å². The number of nitrogens with two attached hydrogens (primary N) is 1. The van der Waals surface area contributed by atoms with Gasteiger partial charge in [0.15, 0.2) is 28.4 Å². The number of hydrogen-bond donors (Lipinski definition) is 4. The Bertz CT molecular complexity index is 998. The van der Waals surface area contributed by atoms with E-state index < -0.39 is 31.1 Å². The molecule has 154 valence electrons. The summed E-state index contributed by atoms with van der Waals surface area (Å²) in [5.41, 5.74) is 7.74. The van der Waals surface area contributed by atoms with Gasteiger partial charge in [0.1, 0.15) is 30.4 Å². The zero-order chi connectivity index (χ0) is 20.5. The molecule has 2 unspecified atom stereocenters. The number of anilines is 1. The van der Waals surface area contributed by atoms with Gasteiger partial charge in [-0.25, -0.2) is 15.0 Å². The molecule has 0 spiro atoms. The summed E-state index contributed by atoms with van der Waals surface area (Å²) in [5, 5.41) is 30.6. The van der Waals surface area contributed by atoms with Gasteiger partial charge in [0.05, 0.1) is 13.7 Å². The zero-order valence-corrected chi connectivity index (χ0v) is 16.4. The average molecular weight is 419 g/mol. The summed E-state index contributed by atoms with van der Waals surface area (Å²) in [6.07, 6.45) is -3.08. The molecule has 11 heteroatoms. The molecular formula is C18H21N5O5S. The van der Waals surface area contributed by atoms with Gasteiger partial charge in [0.2, 0.25) is 0 Å². The maximum atomic E-state index is 10.5. The van der Waals surface area contributed by atoms with Crippen LogP contribution in [-0.4, -0.2) is 66.9 Å². The molecule has 3 aromatic rings. The Balaban J connectivity index is 1.69. The van der Waals surface area contributed by atoms with Crippen molar-refractivity contribution in [2.75, 3.05) is 19.5 Å². The Kier molecular flexibility index (Phi) is 5.56. The van der Waals surface area contributed by atoms with Crippen LogP contribution in [0.3, 0.4) is 0 Å². The van der Waals surface area contributed by atoms with Crippen molar-refractivity contribution in [1.82, 2.24) is 19.5 Å². The van der Waals surface area contributed by atoms with E-state index in [1.165, 1.54) is 18.1 Å². The first-order chi connectivity index (χ1) is 14.0. The van der Waals surface area contributed by atoms with Crippen LogP contribution in [0.1, 0.15) is 11.8 Å². The molecule has 4 rings (SSSR count). The molecule has 3 heterocycles. The van der Waals surface area contributed by atoms with E-state index in [2.05, 4.69) is 15.0 Å². The minimum absolute atomic E-state index is 0.201. The van der Waals surface area contributed by atoms with E-state index in [-0.39, 0.29) is 5.82 Å². The maximum Gasteiger partial charge on any atom is 0.172 e. The van der Waals surface area contributed by atoms with Crippen LogP contribution >= 0.6 is 11.8 Å². The predicted octanol–water partition coefficient (Wildman–Crippen LogP) is 0.321. The van der Waals surface area contributed by atoms with E-state index in [4.69, 9.17) is 15.2 Å². The van der Waals surface area contributed by atoms with Crippen LogP contribution < -0.4 is 10.5 Å². The number of ether oxygens (including phenoxy) is 2. The number of benzene rings is 1. The molecule has 1 aliphatic rings. The Morgan fingerprint density at radius 2 is 1.97 bits per heavy atom. The third-order valence-corrected chi connectivity index (χ3v) is 5.80. The maximum absolute atomic E-state index is 10.5. The summed E-state index contributed by atoms with van der Waals surface area (Å²) in [6, 6.07) is 7.63. The monoisotopic (exact) mass is 419 g/mol. The van der Waals surface area contributed by atoms with Gasteiger partial charge in [-0.3, -0.25) is 4.57 Å². The van der Waals surface area contributed by atoms with Crippen LogP contribution in [0.25, 0.3) is 11.2 Å². The Morgan fingerprint density at radius 3 is 2.62 bits per heavy atom. The van der Waals surface area contributed by atoms with Crippen molar-refractivity contribution in [3.63, 3.8) is 0 Å². The number of aromatic nitrogens is 4. The number of nitrogens with zero attached hydrogens (tertiary/aromatic N) is 4. The molecule has 0 aliphatic carbocycles. The molecule has 10 nitrogen and oxygen atoms in total. The van der Waals surface area contributed by atoms with E-state index in [0.29, 0.717) is 22.1 Å². The largest absolute Gasteiger partial charge is 0.497 e. The van der Waals surface area contributed by atoms with E-state index in [9.17, 15) is 15.3 Å². The normalized spacial score (nSPS) is 24.3. The highest BCUT2D eigenvalue weighted by molar-refractivity contribution is 7.98. The van der Waals surface area contributed by atoms with Crippen molar-refractivity contribution in [3.8, 4) is 5.75 Å². The highest BCUT2D eigenvalue weighted by Gasteiger charge is 2.45. The van der Waals surface area contributed by atoms with E-state index in [1.807, 2.05) is 24.3 Å². The molecule has 1 aliphatic heterocycles. The number of aliphatic hydroxyl groups excluding tert-OH is 3. The Morgan fingerprint density at radius 1 is 1.21 bits per heavy atom. The van der Waals surface area contributed by atoms with Gasteiger partial charge >= 0.3 is 0 Å². The molecular weight excluding hydrogens is 398 g/mol. The number of imidazole rings is 1. The molecule has 4 atom stereocenters. The highest BCUT2D eigenvalue weighted by atomic mass is 32.2. The molecule has 1 aromatic carbocycles. The third kappa shape index (κ3) is 3.63. The first-order valence-corrected chi connectivity index (χ1v) is 9.88. The SMILES string of the molecule is COc1ccc(CSc2nc3c(N)ncnc3n2[C@@H]2O[C@H](CO)C(O)C2O)cc1. The van der Waals surface area contributed by atoms with Crippen LogP contribution in [0.4, 0.5) is 5.82 Å². The minimum Gasteiger partial charge on any atom is -0.497 e. The van der Waals surface area contributed by atoms with Gasteiger partial charge in [-0.2, -0.15) is 0 Å². The quantitative estimate of drug-likeness (QED) is 0.412. The van der Waals surface area contributed by atoms with Crippen LogP contribution in [0, 0.1) is 0 Å². The number of hydrogen-bond acceptors (Lipinski definition) is 10. The molecule has 1 saturated heterocycles. The summed E-state index contributed by atoms with van der Waals surface area (Å²) in [5.74, 6) is 1.54. The standard InChI is InChI=1S/C18H21N5O5S/c1-27-10-4-2-9(3-5-10)7-29-18-22-12-15(19)20-8-21-16(12)23(18)17-14(26)13(25)11(6-24)28-17/h2-5,8,11,13-14,17,24-26H,6-7H2,1H3,(H2,19,20,21)/t11-,13?,14?,17-/m1/s1.